The molecule has 1 aliphatic heterocycles. The zero-order valence-electron chi connectivity index (χ0n) is 36.1. The molecular weight excluding hydrogens is 784 g/mol. The van der Waals surface area contributed by atoms with E-state index in [1.54, 1.807) is 12.1 Å². The minimum Gasteiger partial charge on any atom is -0.491 e. The number of rotatable bonds is 16. The Morgan fingerprint density at radius 3 is 1.64 bits per heavy atom. The number of para-hydroxylation sites is 1. The van der Waals surface area contributed by atoms with Crippen molar-refractivity contribution in [2.45, 2.75) is 78.2 Å². The second-order valence-electron chi connectivity index (χ2n) is 16.7. The highest BCUT2D eigenvalue weighted by molar-refractivity contribution is 7.69. The van der Waals surface area contributed by atoms with Crippen LogP contribution >= 0.6 is 7.37 Å². The molecule has 1 heterocycles. The summed E-state index contributed by atoms with van der Waals surface area (Å²) in [5.74, 6) is 2.83. The molecule has 0 radical (unpaired) electrons. The van der Waals surface area contributed by atoms with E-state index in [9.17, 15) is 15.3 Å². The summed E-state index contributed by atoms with van der Waals surface area (Å²) in [6.07, 6.45) is -1.07. The molecule has 7 rings (SSSR count). The Morgan fingerprint density at radius 2 is 1.10 bits per heavy atom. The van der Waals surface area contributed by atoms with Gasteiger partial charge >= 0.3 is 0 Å². The number of hydrogen-bond acceptors (Lipinski definition) is 8. The Kier molecular flexibility index (Phi) is 13.1. The third kappa shape index (κ3) is 9.01. The fourth-order valence-electron chi connectivity index (χ4n) is 8.85. The normalized spacial score (nSPS) is 16.4. The third-order valence-corrected chi connectivity index (χ3v) is 14.9. The first-order valence-corrected chi connectivity index (χ1v) is 22.6. The predicted octanol–water partition coefficient (Wildman–Crippen LogP) is 10.1. The van der Waals surface area contributed by atoms with Gasteiger partial charge in [-0.3, -0.25) is 4.57 Å². The fraction of sp³-hybridized carbons (Fsp3) is 0.308. The fourth-order valence-corrected chi connectivity index (χ4v) is 11.8. The lowest BCUT2D eigenvalue weighted by Gasteiger charge is -2.41. The van der Waals surface area contributed by atoms with Gasteiger partial charge in [0.2, 0.25) is 0 Å². The van der Waals surface area contributed by atoms with Gasteiger partial charge in [0.1, 0.15) is 60.2 Å². The van der Waals surface area contributed by atoms with Crippen molar-refractivity contribution in [2.24, 2.45) is 0 Å². The molecule has 0 fully saturated rings. The first kappa shape index (κ1) is 43.7. The zero-order chi connectivity index (χ0) is 43.5. The number of aryl methyl sites for hydroxylation is 4. The zero-order valence-corrected chi connectivity index (χ0v) is 37.0. The molecule has 4 unspecified atom stereocenters. The van der Waals surface area contributed by atoms with Crippen molar-refractivity contribution in [3.05, 3.63) is 171 Å². The maximum atomic E-state index is 15.9. The van der Waals surface area contributed by atoms with E-state index in [4.69, 9.17) is 18.7 Å². The van der Waals surface area contributed by atoms with Crippen molar-refractivity contribution in [2.75, 3.05) is 26.4 Å². The van der Waals surface area contributed by atoms with E-state index in [0.29, 0.717) is 28.5 Å². The first-order valence-electron chi connectivity index (χ1n) is 21.0. The highest BCUT2D eigenvalue weighted by Crippen LogP contribution is 2.69. The van der Waals surface area contributed by atoms with E-state index >= 15 is 4.57 Å². The van der Waals surface area contributed by atoms with E-state index in [-0.39, 0.29) is 19.8 Å². The second-order valence-corrected chi connectivity index (χ2v) is 19.4. The van der Waals surface area contributed by atoms with Crippen LogP contribution in [-0.2, 0) is 16.1 Å². The number of benzene rings is 6. The van der Waals surface area contributed by atoms with Gasteiger partial charge in [-0.1, -0.05) is 98.8 Å². The number of hydrogen-bond donors (Lipinski definition) is 3. The Hall–Kier alpha value is -5.37. The number of ether oxygens (including phenoxy) is 3. The summed E-state index contributed by atoms with van der Waals surface area (Å²) >= 11 is 0. The third-order valence-electron chi connectivity index (χ3n) is 11.7. The van der Waals surface area contributed by atoms with Gasteiger partial charge in [-0.05, 0) is 139 Å². The lowest BCUT2D eigenvalue weighted by molar-refractivity contribution is 0.0536. The molecular formula is C52H57O8P. The van der Waals surface area contributed by atoms with Gasteiger partial charge in [-0.15, -0.1) is 0 Å². The van der Waals surface area contributed by atoms with E-state index in [2.05, 4.69) is 52.0 Å². The van der Waals surface area contributed by atoms with Gasteiger partial charge in [-0.25, -0.2) is 0 Å². The summed E-state index contributed by atoms with van der Waals surface area (Å²) < 4.78 is 40.5. The summed E-state index contributed by atoms with van der Waals surface area (Å²) in [6, 6.07) is 38.9. The van der Waals surface area contributed by atoms with E-state index < -0.39 is 31.3 Å². The van der Waals surface area contributed by atoms with Crippen molar-refractivity contribution < 1.29 is 38.6 Å². The molecule has 8 nitrogen and oxygen atoms in total. The maximum Gasteiger partial charge on any atom is 0.292 e. The van der Waals surface area contributed by atoms with Gasteiger partial charge in [0, 0.05) is 5.56 Å². The van der Waals surface area contributed by atoms with Crippen molar-refractivity contribution in [3.8, 4) is 34.1 Å². The second kappa shape index (κ2) is 18.3. The molecule has 9 heteroatoms. The molecule has 1 aliphatic rings. The molecule has 6 aromatic rings. The van der Waals surface area contributed by atoms with Gasteiger partial charge in [0.05, 0.1) is 11.9 Å². The highest BCUT2D eigenvalue weighted by atomic mass is 31.2. The summed E-state index contributed by atoms with van der Waals surface area (Å²) in [6.45, 7) is 14.5. The Labute approximate surface area is 360 Å². The summed E-state index contributed by atoms with van der Waals surface area (Å²) in [5, 5.41) is 29.5. The molecule has 0 amide bonds. The van der Waals surface area contributed by atoms with Gasteiger partial charge in [0.15, 0.2) is 0 Å². The quantitative estimate of drug-likeness (QED) is 0.0826. The minimum absolute atomic E-state index is 0.00999. The molecule has 318 valence electrons. The molecule has 0 saturated carbocycles. The highest BCUT2D eigenvalue weighted by Gasteiger charge is 2.53. The summed E-state index contributed by atoms with van der Waals surface area (Å²) in [4.78, 5) is 0. The number of aliphatic hydroxyl groups is 3. The SMILES string of the molecule is Cc1cc(Cc2cc(C)c(C(C)C)c(C)c2)cc(C)c1OCC(O)COc1ccc(C(C)(c2ccc(OCC(O)CO)cc2)P2(=O)Oc3ccccc3-c3ccccc32)cc1. The lowest BCUT2D eigenvalue weighted by atomic mass is 9.89. The van der Waals surface area contributed by atoms with Crippen molar-refractivity contribution in [3.63, 3.8) is 0 Å². The predicted molar refractivity (Wildman–Crippen MR) is 243 cm³/mol. The van der Waals surface area contributed by atoms with Crippen LogP contribution in [0.3, 0.4) is 0 Å². The first-order chi connectivity index (χ1) is 29.2. The molecule has 6 aromatic carbocycles. The molecule has 0 saturated heterocycles. The largest absolute Gasteiger partial charge is 0.491 e. The summed E-state index contributed by atoms with van der Waals surface area (Å²) in [7, 11) is -3.79. The average molecular weight is 841 g/mol. The Morgan fingerprint density at radius 1 is 0.623 bits per heavy atom. The molecule has 0 aliphatic carbocycles. The van der Waals surface area contributed by atoms with Gasteiger partial charge in [-0.2, -0.15) is 0 Å². The molecule has 0 aromatic heterocycles. The Balaban J connectivity index is 1.07. The van der Waals surface area contributed by atoms with Crippen LogP contribution < -0.4 is 24.0 Å². The number of fused-ring (bicyclic) bond motifs is 3. The lowest BCUT2D eigenvalue weighted by Crippen LogP contribution is -2.34. The number of aliphatic hydroxyl groups excluding tert-OH is 3. The smallest absolute Gasteiger partial charge is 0.292 e. The van der Waals surface area contributed by atoms with Crippen LogP contribution in [0.4, 0.5) is 0 Å². The average Bonchev–Trinajstić information content (AvgIpc) is 3.24. The molecule has 4 atom stereocenters. The van der Waals surface area contributed by atoms with E-state index in [1.807, 2.05) is 106 Å². The molecule has 61 heavy (non-hydrogen) atoms. The van der Waals surface area contributed by atoms with Gasteiger partial charge in [0.25, 0.3) is 7.37 Å². The van der Waals surface area contributed by atoms with Crippen molar-refractivity contribution >= 4 is 12.7 Å². The molecule has 3 N–H and O–H groups in total. The van der Waals surface area contributed by atoms with Crippen LogP contribution in [0.5, 0.6) is 23.0 Å². The van der Waals surface area contributed by atoms with Crippen molar-refractivity contribution in [1.82, 2.24) is 0 Å². The Bertz CT molecular complexity index is 2480. The van der Waals surface area contributed by atoms with Crippen LogP contribution in [0.1, 0.15) is 76.8 Å². The van der Waals surface area contributed by atoms with E-state index in [1.165, 1.54) is 27.8 Å². The summed E-state index contributed by atoms with van der Waals surface area (Å²) in [5.41, 5.74) is 11.8. The van der Waals surface area contributed by atoms with Crippen molar-refractivity contribution in [1.29, 1.82) is 0 Å². The van der Waals surface area contributed by atoms with Crippen LogP contribution in [0.2, 0.25) is 0 Å². The van der Waals surface area contributed by atoms with E-state index in [0.717, 1.165) is 45.6 Å². The minimum atomic E-state index is -3.79. The standard InChI is InChI=1S/C52H57O8P/c1-33(2)50-34(3)24-38(25-35(50)4)28-39-26-36(5)51(37(6)27-39)59-32-43(55)31-58-45-22-18-41(19-23-45)52(7,40-16-20-44(21-17-40)57-30-42(54)29-53)61(56)49-15-11-9-13-47(49)46-12-8-10-14-48(46)60-61/h8-27,33,42-43,53-55H,28-32H2,1-7H3. The van der Waals surface area contributed by atoms with Crippen LogP contribution in [-0.4, -0.2) is 54.0 Å². The molecule has 0 spiro atoms. The maximum absolute atomic E-state index is 15.9. The van der Waals surface area contributed by atoms with Crippen LogP contribution in [0.15, 0.2) is 121 Å². The monoisotopic (exact) mass is 840 g/mol. The van der Waals surface area contributed by atoms with Crippen LogP contribution in [0.25, 0.3) is 11.1 Å². The van der Waals surface area contributed by atoms with Gasteiger partial charge < -0.3 is 34.1 Å². The van der Waals surface area contributed by atoms with Crippen LogP contribution in [0, 0.1) is 27.7 Å². The topological polar surface area (TPSA) is 115 Å². The molecule has 0 bridgehead atoms.